The van der Waals surface area contributed by atoms with Crippen molar-refractivity contribution in [2.24, 2.45) is 0 Å². The second kappa shape index (κ2) is 9.67. The van der Waals surface area contributed by atoms with Crippen LogP contribution in [0.2, 0.25) is 0 Å². The van der Waals surface area contributed by atoms with Gasteiger partial charge in [0.2, 0.25) is 11.8 Å². The molecule has 0 aromatic heterocycles. The first-order valence-corrected chi connectivity index (χ1v) is 11.2. The number of hydrogen-bond acceptors (Lipinski definition) is 5. The molecule has 2 aromatic carbocycles. The summed E-state index contributed by atoms with van der Waals surface area (Å²) in [7, 11) is 0. The third-order valence-electron chi connectivity index (χ3n) is 4.36. The Labute approximate surface area is 173 Å². The maximum absolute atomic E-state index is 12.6. The van der Waals surface area contributed by atoms with E-state index in [-0.39, 0.29) is 11.8 Å². The molecule has 0 spiro atoms. The summed E-state index contributed by atoms with van der Waals surface area (Å²) in [6.07, 6.45) is 0. The Kier molecular flexibility index (Phi) is 7.01. The first-order chi connectivity index (χ1) is 13.6. The molecule has 7 heteroatoms. The van der Waals surface area contributed by atoms with Crippen LogP contribution in [0.1, 0.15) is 16.7 Å². The number of carbonyl (C=O) groups is 2. The third kappa shape index (κ3) is 5.31. The third-order valence-corrected chi connectivity index (χ3v) is 6.36. The van der Waals surface area contributed by atoms with Gasteiger partial charge in [0.05, 0.1) is 23.3 Å². The largest absolute Gasteiger partial charge is 0.324 e. The van der Waals surface area contributed by atoms with Crippen molar-refractivity contribution in [2.75, 3.05) is 22.7 Å². The van der Waals surface area contributed by atoms with Crippen molar-refractivity contribution in [2.45, 2.75) is 18.7 Å². The lowest BCUT2D eigenvalue weighted by atomic mass is 10.2. The standard InChI is InChI=1S/C21H21N3O2S2/c1-15-3-2-4-17(9-15)11-27-13-20(25)24-14-28-12-19(24)21(26)23-18-7-5-16(10-22)6-8-18/h2-9,19H,11-14H2,1H3,(H,23,26). The Hall–Kier alpha value is -2.43. The first-order valence-electron chi connectivity index (χ1n) is 8.88. The predicted molar refractivity (Wildman–Crippen MR) is 115 cm³/mol. The average molecular weight is 412 g/mol. The van der Waals surface area contributed by atoms with Crippen molar-refractivity contribution in [1.82, 2.24) is 4.90 Å². The van der Waals surface area contributed by atoms with Crippen LogP contribution in [0.3, 0.4) is 0 Å². The monoisotopic (exact) mass is 411 g/mol. The van der Waals surface area contributed by atoms with E-state index in [0.29, 0.717) is 28.6 Å². The molecular weight excluding hydrogens is 390 g/mol. The lowest BCUT2D eigenvalue weighted by Gasteiger charge is -2.23. The lowest BCUT2D eigenvalue weighted by molar-refractivity contribution is -0.134. The fraction of sp³-hybridized carbons (Fsp3) is 0.286. The number of nitrogens with zero attached hydrogens (tertiary/aromatic N) is 2. The molecule has 0 saturated carbocycles. The molecule has 1 fully saturated rings. The van der Waals surface area contributed by atoms with Crippen LogP contribution >= 0.6 is 23.5 Å². The summed E-state index contributed by atoms with van der Waals surface area (Å²) in [4.78, 5) is 26.9. The second-order valence-corrected chi connectivity index (χ2v) is 8.52. The van der Waals surface area contributed by atoms with Crippen LogP contribution in [0.15, 0.2) is 48.5 Å². The second-order valence-electron chi connectivity index (χ2n) is 6.54. The molecule has 28 heavy (non-hydrogen) atoms. The number of amides is 2. The van der Waals surface area contributed by atoms with Crippen LogP contribution in [0.4, 0.5) is 5.69 Å². The van der Waals surface area contributed by atoms with Gasteiger partial charge < -0.3 is 10.2 Å². The van der Waals surface area contributed by atoms with Crippen molar-refractivity contribution >= 4 is 41.0 Å². The van der Waals surface area contributed by atoms with Crippen molar-refractivity contribution < 1.29 is 9.59 Å². The first kappa shape index (κ1) is 20.3. The number of hydrogen-bond donors (Lipinski definition) is 1. The van der Waals surface area contributed by atoms with E-state index in [1.54, 1.807) is 52.7 Å². The molecule has 0 radical (unpaired) electrons. The number of carbonyl (C=O) groups excluding carboxylic acids is 2. The number of nitrogens with one attached hydrogen (secondary N) is 1. The maximum Gasteiger partial charge on any atom is 0.248 e. The Morgan fingerprint density at radius 1 is 1.29 bits per heavy atom. The van der Waals surface area contributed by atoms with Crippen LogP contribution < -0.4 is 5.32 Å². The summed E-state index contributed by atoms with van der Waals surface area (Å²) in [6, 6.07) is 16.5. The molecule has 144 valence electrons. The van der Waals surface area contributed by atoms with E-state index >= 15 is 0 Å². The Balaban J connectivity index is 1.53. The minimum Gasteiger partial charge on any atom is -0.324 e. The summed E-state index contributed by atoms with van der Waals surface area (Å²) in [5.41, 5.74) is 3.57. The van der Waals surface area contributed by atoms with Gasteiger partial charge in [-0.3, -0.25) is 9.59 Å². The van der Waals surface area contributed by atoms with Gasteiger partial charge in [-0.25, -0.2) is 0 Å². The Morgan fingerprint density at radius 3 is 2.79 bits per heavy atom. The van der Waals surface area contributed by atoms with Crippen molar-refractivity contribution in [3.8, 4) is 6.07 Å². The zero-order valence-electron chi connectivity index (χ0n) is 15.6. The Bertz CT molecular complexity index is 893. The van der Waals surface area contributed by atoms with Gasteiger partial charge >= 0.3 is 0 Å². The van der Waals surface area contributed by atoms with Crippen LogP contribution in [-0.4, -0.2) is 40.1 Å². The fourth-order valence-electron chi connectivity index (χ4n) is 2.90. The van der Waals surface area contributed by atoms with Crippen LogP contribution in [0, 0.1) is 18.3 Å². The summed E-state index contributed by atoms with van der Waals surface area (Å²) >= 11 is 3.16. The van der Waals surface area contributed by atoms with Gasteiger partial charge in [-0.1, -0.05) is 29.8 Å². The van der Waals surface area contributed by atoms with Crippen molar-refractivity contribution in [1.29, 1.82) is 5.26 Å². The number of thioether (sulfide) groups is 2. The minimum absolute atomic E-state index is 0.0115. The molecule has 5 nitrogen and oxygen atoms in total. The summed E-state index contributed by atoms with van der Waals surface area (Å²) in [6.45, 7) is 2.05. The quantitative estimate of drug-likeness (QED) is 0.786. The molecule has 0 aliphatic carbocycles. The minimum atomic E-state index is -0.465. The average Bonchev–Trinajstić information content (AvgIpc) is 3.19. The van der Waals surface area contributed by atoms with Crippen LogP contribution in [0.25, 0.3) is 0 Å². The molecule has 1 saturated heterocycles. The zero-order valence-corrected chi connectivity index (χ0v) is 17.2. The highest BCUT2D eigenvalue weighted by molar-refractivity contribution is 7.99. The van der Waals surface area contributed by atoms with Crippen LogP contribution in [0.5, 0.6) is 0 Å². The summed E-state index contributed by atoms with van der Waals surface area (Å²) < 4.78 is 0. The van der Waals surface area contributed by atoms with Gasteiger partial charge in [0.25, 0.3) is 0 Å². The number of benzene rings is 2. The lowest BCUT2D eigenvalue weighted by Crippen LogP contribution is -2.45. The van der Waals surface area contributed by atoms with Gasteiger partial charge in [0.15, 0.2) is 0 Å². The molecule has 1 aliphatic heterocycles. The van der Waals surface area contributed by atoms with E-state index in [0.717, 1.165) is 5.75 Å². The Morgan fingerprint density at radius 2 is 2.07 bits per heavy atom. The molecule has 1 atom stereocenters. The molecule has 1 unspecified atom stereocenters. The number of anilines is 1. The van der Waals surface area contributed by atoms with Gasteiger partial charge in [0.1, 0.15) is 6.04 Å². The number of nitriles is 1. The number of aryl methyl sites for hydroxylation is 1. The summed E-state index contributed by atoms with van der Waals surface area (Å²) in [5.74, 6) is 2.06. The summed E-state index contributed by atoms with van der Waals surface area (Å²) in [5, 5.41) is 11.7. The zero-order chi connectivity index (χ0) is 19.9. The molecular formula is C21H21N3O2S2. The van der Waals surface area contributed by atoms with E-state index in [4.69, 9.17) is 5.26 Å². The topological polar surface area (TPSA) is 73.2 Å². The normalized spacial score (nSPS) is 15.9. The molecule has 2 amide bonds. The van der Waals surface area contributed by atoms with Crippen LogP contribution in [-0.2, 0) is 15.3 Å². The van der Waals surface area contributed by atoms with E-state index in [1.165, 1.54) is 11.1 Å². The molecule has 2 aromatic rings. The van der Waals surface area contributed by atoms with E-state index in [9.17, 15) is 9.59 Å². The van der Waals surface area contributed by atoms with Gasteiger partial charge in [-0.2, -0.15) is 5.26 Å². The van der Waals surface area contributed by atoms with E-state index in [2.05, 4.69) is 30.4 Å². The molecule has 3 rings (SSSR count). The van der Waals surface area contributed by atoms with Gasteiger partial charge in [-0.05, 0) is 36.8 Å². The van der Waals surface area contributed by atoms with Gasteiger partial charge in [-0.15, -0.1) is 23.5 Å². The fourth-order valence-corrected chi connectivity index (χ4v) is 4.94. The molecule has 1 heterocycles. The van der Waals surface area contributed by atoms with Gasteiger partial charge in [0, 0.05) is 17.2 Å². The SMILES string of the molecule is Cc1cccc(CSCC(=O)N2CSCC2C(=O)Nc2ccc(C#N)cc2)c1. The molecule has 1 aliphatic rings. The van der Waals surface area contributed by atoms with E-state index in [1.807, 2.05) is 12.1 Å². The highest BCUT2D eigenvalue weighted by Crippen LogP contribution is 2.24. The molecule has 0 bridgehead atoms. The smallest absolute Gasteiger partial charge is 0.248 e. The van der Waals surface area contributed by atoms with E-state index < -0.39 is 6.04 Å². The maximum atomic E-state index is 12.6. The predicted octanol–water partition coefficient (Wildman–Crippen LogP) is 3.64. The van der Waals surface area contributed by atoms with Crippen molar-refractivity contribution in [3.63, 3.8) is 0 Å². The molecule has 1 N–H and O–H groups in total. The number of rotatable bonds is 6. The highest BCUT2D eigenvalue weighted by Gasteiger charge is 2.34. The van der Waals surface area contributed by atoms with Crippen molar-refractivity contribution in [3.05, 3.63) is 65.2 Å². The highest BCUT2D eigenvalue weighted by atomic mass is 32.2.